The quantitative estimate of drug-likeness (QED) is 0.330. The van der Waals surface area contributed by atoms with Crippen LogP contribution in [0.4, 0.5) is 5.69 Å². The summed E-state index contributed by atoms with van der Waals surface area (Å²) in [5.74, 6) is 1.01. The number of hydrogen-bond donors (Lipinski definition) is 2. The second-order valence-corrected chi connectivity index (χ2v) is 8.10. The fourth-order valence-corrected chi connectivity index (χ4v) is 4.16. The Bertz CT molecular complexity index is 1380. The summed E-state index contributed by atoms with van der Waals surface area (Å²) in [6.45, 7) is 2.94. The average Bonchev–Trinajstić information content (AvgIpc) is 3.44. The van der Waals surface area contributed by atoms with Gasteiger partial charge in [0.15, 0.2) is 0 Å². The molecule has 160 valence electrons. The topological polar surface area (TPSA) is 62.7 Å². The number of benzene rings is 3. The highest BCUT2D eigenvalue weighted by Crippen LogP contribution is 2.23. The van der Waals surface area contributed by atoms with Crippen LogP contribution in [0.15, 0.2) is 79.0 Å². The number of fused-ring (bicyclic) bond motifs is 2. The van der Waals surface area contributed by atoms with E-state index in [9.17, 15) is 4.79 Å². The normalized spacial score (nSPS) is 11.3. The van der Waals surface area contributed by atoms with E-state index in [0.717, 1.165) is 64.8 Å². The maximum absolute atomic E-state index is 12.8. The largest absolute Gasteiger partial charge is 0.361 e. The van der Waals surface area contributed by atoms with Gasteiger partial charge in [-0.3, -0.25) is 4.79 Å². The van der Waals surface area contributed by atoms with Crippen molar-refractivity contribution in [2.45, 2.75) is 32.7 Å². The summed E-state index contributed by atoms with van der Waals surface area (Å²) in [7, 11) is 0. The highest BCUT2D eigenvalue weighted by molar-refractivity contribution is 6.08. The molecule has 0 aliphatic carbocycles. The third kappa shape index (κ3) is 3.89. The van der Waals surface area contributed by atoms with Gasteiger partial charge in [0.25, 0.3) is 5.91 Å². The lowest BCUT2D eigenvalue weighted by Gasteiger charge is -2.11. The molecule has 2 heterocycles. The monoisotopic (exact) mass is 422 g/mol. The van der Waals surface area contributed by atoms with Gasteiger partial charge < -0.3 is 14.9 Å². The summed E-state index contributed by atoms with van der Waals surface area (Å²) >= 11 is 0. The number of carbonyl (C=O) groups excluding carboxylic acids is 1. The number of imidazole rings is 1. The zero-order chi connectivity index (χ0) is 21.9. The molecule has 0 radical (unpaired) electrons. The van der Waals surface area contributed by atoms with Gasteiger partial charge in [0.1, 0.15) is 5.82 Å². The number of H-pyrrole nitrogens is 1. The second kappa shape index (κ2) is 8.71. The Labute approximate surface area is 187 Å². The standard InChI is InChI=1S/C27H26N4O/c1-2-3-11-26-29-24-7-4-5-10-25(24)31(26)18-19-12-14-20(15-13-19)27(32)30-23-9-6-8-22-21(23)16-17-28-22/h4-10,12-17,28H,2-3,11,18H2,1H3,(H,30,32). The maximum atomic E-state index is 12.8. The van der Waals surface area contributed by atoms with Crippen molar-refractivity contribution in [1.29, 1.82) is 0 Å². The third-order valence-electron chi connectivity index (χ3n) is 5.89. The molecule has 1 amide bonds. The molecule has 5 nitrogen and oxygen atoms in total. The van der Waals surface area contributed by atoms with Gasteiger partial charge in [-0.05, 0) is 54.4 Å². The van der Waals surface area contributed by atoms with Crippen molar-refractivity contribution in [3.63, 3.8) is 0 Å². The van der Waals surface area contributed by atoms with E-state index in [1.54, 1.807) is 0 Å². The number of nitrogens with one attached hydrogen (secondary N) is 2. The van der Waals surface area contributed by atoms with Crippen molar-refractivity contribution in [3.8, 4) is 0 Å². The van der Waals surface area contributed by atoms with Gasteiger partial charge in [-0.15, -0.1) is 0 Å². The maximum Gasteiger partial charge on any atom is 0.255 e. The third-order valence-corrected chi connectivity index (χ3v) is 5.89. The number of aryl methyl sites for hydroxylation is 1. The summed E-state index contributed by atoms with van der Waals surface area (Å²) in [6, 6.07) is 24.0. The van der Waals surface area contributed by atoms with E-state index in [-0.39, 0.29) is 5.91 Å². The lowest BCUT2D eigenvalue weighted by Crippen LogP contribution is -2.12. The first-order chi connectivity index (χ1) is 15.7. The van der Waals surface area contributed by atoms with Crippen LogP contribution in [0.1, 0.15) is 41.5 Å². The fraction of sp³-hybridized carbons (Fsp3) is 0.185. The van der Waals surface area contributed by atoms with Crippen LogP contribution in [0.25, 0.3) is 21.9 Å². The number of aromatic amines is 1. The molecule has 0 unspecified atom stereocenters. The van der Waals surface area contributed by atoms with Crippen LogP contribution >= 0.6 is 0 Å². The van der Waals surface area contributed by atoms with Crippen LogP contribution in [0.3, 0.4) is 0 Å². The number of para-hydroxylation sites is 2. The molecule has 3 aromatic carbocycles. The highest BCUT2D eigenvalue weighted by atomic mass is 16.1. The van der Waals surface area contributed by atoms with E-state index < -0.39 is 0 Å². The molecule has 5 rings (SSSR count). The molecule has 0 aliphatic rings. The van der Waals surface area contributed by atoms with Crippen LogP contribution in [-0.4, -0.2) is 20.4 Å². The molecule has 2 N–H and O–H groups in total. The molecular formula is C27H26N4O. The summed E-state index contributed by atoms with van der Waals surface area (Å²) in [4.78, 5) is 20.8. The Morgan fingerprint density at radius 2 is 1.84 bits per heavy atom. The molecule has 0 bridgehead atoms. The van der Waals surface area contributed by atoms with E-state index in [4.69, 9.17) is 4.98 Å². The van der Waals surface area contributed by atoms with Gasteiger partial charge in [0.05, 0.1) is 16.7 Å². The molecule has 0 saturated carbocycles. The Kier molecular flexibility index (Phi) is 5.46. The van der Waals surface area contributed by atoms with Gasteiger partial charge >= 0.3 is 0 Å². The molecule has 0 fully saturated rings. The van der Waals surface area contributed by atoms with Crippen LogP contribution in [0.5, 0.6) is 0 Å². The minimum absolute atomic E-state index is 0.109. The zero-order valence-electron chi connectivity index (χ0n) is 18.1. The van der Waals surface area contributed by atoms with E-state index >= 15 is 0 Å². The first-order valence-corrected chi connectivity index (χ1v) is 11.1. The Morgan fingerprint density at radius 3 is 2.69 bits per heavy atom. The van der Waals surface area contributed by atoms with Gasteiger partial charge in [0, 0.05) is 35.6 Å². The molecular weight excluding hydrogens is 396 g/mol. The molecule has 0 aliphatic heterocycles. The van der Waals surface area contributed by atoms with Gasteiger partial charge in [0.2, 0.25) is 0 Å². The molecule has 2 aromatic heterocycles. The minimum Gasteiger partial charge on any atom is -0.361 e. The number of unbranched alkanes of at least 4 members (excludes halogenated alkanes) is 1. The molecule has 32 heavy (non-hydrogen) atoms. The number of carbonyl (C=O) groups is 1. The van der Waals surface area contributed by atoms with Gasteiger partial charge in [-0.25, -0.2) is 4.98 Å². The number of aromatic nitrogens is 3. The fourth-order valence-electron chi connectivity index (χ4n) is 4.16. The molecule has 0 atom stereocenters. The summed E-state index contributed by atoms with van der Waals surface area (Å²) in [5, 5.41) is 4.04. The zero-order valence-corrected chi connectivity index (χ0v) is 18.1. The second-order valence-electron chi connectivity index (χ2n) is 8.10. The van der Waals surface area contributed by atoms with Gasteiger partial charge in [-0.1, -0.05) is 43.7 Å². The highest BCUT2D eigenvalue weighted by Gasteiger charge is 2.12. The van der Waals surface area contributed by atoms with Crippen molar-refractivity contribution in [2.75, 3.05) is 5.32 Å². The number of nitrogens with zero attached hydrogens (tertiary/aromatic N) is 2. The van der Waals surface area contributed by atoms with Crippen molar-refractivity contribution in [3.05, 3.63) is 95.9 Å². The van der Waals surface area contributed by atoms with E-state index in [0.29, 0.717) is 5.56 Å². The molecule has 0 spiro atoms. The van der Waals surface area contributed by atoms with Crippen molar-refractivity contribution >= 4 is 33.5 Å². The number of anilines is 1. The molecule has 5 heteroatoms. The number of hydrogen-bond acceptors (Lipinski definition) is 2. The first kappa shape index (κ1) is 20.1. The summed E-state index contributed by atoms with van der Waals surface area (Å²) in [5.41, 5.74) is 5.79. The Morgan fingerprint density at radius 1 is 1.00 bits per heavy atom. The van der Waals surface area contributed by atoms with Crippen LogP contribution < -0.4 is 5.32 Å². The lowest BCUT2D eigenvalue weighted by atomic mass is 10.1. The van der Waals surface area contributed by atoms with E-state index in [2.05, 4.69) is 40.0 Å². The number of rotatable bonds is 7. The smallest absolute Gasteiger partial charge is 0.255 e. The lowest BCUT2D eigenvalue weighted by molar-refractivity contribution is 0.102. The van der Waals surface area contributed by atoms with Gasteiger partial charge in [-0.2, -0.15) is 0 Å². The average molecular weight is 423 g/mol. The van der Waals surface area contributed by atoms with Crippen LogP contribution in [-0.2, 0) is 13.0 Å². The van der Waals surface area contributed by atoms with Crippen molar-refractivity contribution in [2.24, 2.45) is 0 Å². The SMILES string of the molecule is CCCCc1nc2ccccc2n1Cc1ccc(C(=O)Nc2cccc3[nH]ccc23)cc1. The molecule has 0 saturated heterocycles. The van der Waals surface area contributed by atoms with Crippen molar-refractivity contribution < 1.29 is 4.79 Å². The van der Waals surface area contributed by atoms with E-state index in [1.807, 2.05) is 60.8 Å². The Hall–Kier alpha value is -3.86. The molecule has 5 aromatic rings. The van der Waals surface area contributed by atoms with Crippen LogP contribution in [0, 0.1) is 0 Å². The summed E-state index contributed by atoms with van der Waals surface area (Å²) < 4.78 is 2.30. The van der Waals surface area contributed by atoms with Crippen molar-refractivity contribution in [1.82, 2.24) is 14.5 Å². The summed E-state index contributed by atoms with van der Waals surface area (Å²) in [6.07, 6.45) is 5.11. The predicted molar refractivity (Wildman–Crippen MR) is 130 cm³/mol. The van der Waals surface area contributed by atoms with E-state index in [1.165, 1.54) is 0 Å². The number of amides is 1. The first-order valence-electron chi connectivity index (χ1n) is 11.1. The van der Waals surface area contributed by atoms with Crippen LogP contribution in [0.2, 0.25) is 0 Å². The Balaban J connectivity index is 1.36. The predicted octanol–water partition coefficient (Wildman–Crippen LogP) is 6.16. The minimum atomic E-state index is -0.109.